The fourth-order valence-electron chi connectivity index (χ4n) is 3.64. The van der Waals surface area contributed by atoms with Crippen LogP contribution in [0, 0.1) is 0 Å². The van der Waals surface area contributed by atoms with Crippen LogP contribution in [0.15, 0.2) is 0 Å². The predicted octanol–water partition coefficient (Wildman–Crippen LogP) is 2.53. The second-order valence-corrected chi connectivity index (χ2v) is 5.99. The van der Waals surface area contributed by atoms with Gasteiger partial charge in [-0.15, -0.1) is 0 Å². The van der Waals surface area contributed by atoms with Gasteiger partial charge in [-0.25, -0.2) is 0 Å². The minimum atomic E-state index is 0.217. The fraction of sp³-hybridized carbons (Fsp3) is 1.00. The molecule has 2 fully saturated rings. The summed E-state index contributed by atoms with van der Waals surface area (Å²) in [5, 5.41) is 9.56. The van der Waals surface area contributed by atoms with Crippen LogP contribution >= 0.6 is 0 Å². The lowest BCUT2D eigenvalue weighted by atomic mass is 9.74. The Morgan fingerprint density at radius 3 is 2.59 bits per heavy atom. The largest absolute Gasteiger partial charge is 0.381 e. The van der Waals surface area contributed by atoms with E-state index in [1.165, 1.54) is 32.1 Å². The summed E-state index contributed by atoms with van der Waals surface area (Å²) < 4.78 is 6.00. The molecule has 1 aliphatic carbocycles. The zero-order chi connectivity index (χ0) is 12.3. The van der Waals surface area contributed by atoms with E-state index in [0.717, 1.165) is 19.4 Å². The van der Waals surface area contributed by atoms with Crippen molar-refractivity contribution in [2.24, 2.45) is 0 Å². The van der Waals surface area contributed by atoms with E-state index in [2.05, 4.69) is 18.7 Å². The average Bonchev–Trinajstić information content (AvgIpc) is 2.29. The zero-order valence-corrected chi connectivity index (χ0v) is 11.3. The van der Waals surface area contributed by atoms with Crippen molar-refractivity contribution in [2.75, 3.05) is 13.3 Å². The zero-order valence-electron chi connectivity index (χ0n) is 11.3. The van der Waals surface area contributed by atoms with E-state index < -0.39 is 0 Å². The number of hydrogen-bond acceptors (Lipinski definition) is 3. The molecule has 0 radical (unpaired) electrons. The lowest BCUT2D eigenvalue weighted by Crippen LogP contribution is -2.57. The Morgan fingerprint density at radius 1 is 1.29 bits per heavy atom. The molecule has 1 heterocycles. The molecular formula is C14H27NO2. The highest BCUT2D eigenvalue weighted by Gasteiger charge is 2.42. The number of aliphatic hydroxyl groups is 1. The number of rotatable bonds is 3. The Morgan fingerprint density at radius 2 is 2.00 bits per heavy atom. The number of hydrogen-bond donors (Lipinski definition) is 1. The molecule has 1 spiro atoms. The predicted molar refractivity (Wildman–Crippen MR) is 68.9 cm³/mol. The molecule has 1 saturated heterocycles. The van der Waals surface area contributed by atoms with Gasteiger partial charge in [0.15, 0.2) is 0 Å². The van der Waals surface area contributed by atoms with E-state index in [9.17, 15) is 5.11 Å². The number of likely N-dealkylation sites (tertiary alicyclic amines) is 1. The van der Waals surface area contributed by atoms with E-state index in [-0.39, 0.29) is 12.3 Å². The Labute approximate surface area is 105 Å². The van der Waals surface area contributed by atoms with Crippen molar-refractivity contribution in [2.45, 2.75) is 76.5 Å². The molecule has 2 aliphatic rings. The lowest BCUT2D eigenvalue weighted by Gasteiger charge is -2.51. The Balaban J connectivity index is 2.02. The molecule has 0 aromatic rings. The Hall–Kier alpha value is -0.120. The normalized spacial score (nSPS) is 30.0. The van der Waals surface area contributed by atoms with E-state index in [1.807, 2.05) is 0 Å². The highest BCUT2D eigenvalue weighted by Crippen LogP contribution is 2.41. The van der Waals surface area contributed by atoms with Crippen LogP contribution in [-0.2, 0) is 4.74 Å². The number of piperidine rings is 1. The molecule has 1 atom stereocenters. The average molecular weight is 241 g/mol. The highest BCUT2D eigenvalue weighted by molar-refractivity contribution is 4.97. The number of nitrogens with zero attached hydrogens (tertiary/aromatic N) is 1. The molecule has 100 valence electrons. The summed E-state index contributed by atoms with van der Waals surface area (Å²) in [5.74, 6) is 0. The second-order valence-electron chi connectivity index (χ2n) is 5.99. The van der Waals surface area contributed by atoms with Gasteiger partial charge in [-0.2, -0.15) is 0 Å². The Kier molecular flexibility index (Phi) is 4.45. The van der Waals surface area contributed by atoms with Crippen LogP contribution in [0.2, 0.25) is 0 Å². The first-order valence-electron chi connectivity index (χ1n) is 7.18. The van der Waals surface area contributed by atoms with Crippen molar-refractivity contribution in [3.63, 3.8) is 0 Å². The third kappa shape index (κ3) is 3.01. The molecule has 1 aliphatic heterocycles. The first kappa shape index (κ1) is 13.3. The summed E-state index contributed by atoms with van der Waals surface area (Å²) in [7, 11) is 0. The number of ether oxygens (including phenoxy) is 1. The maximum Gasteiger partial charge on any atom is 0.0961 e. The highest BCUT2D eigenvalue weighted by atomic mass is 16.5. The topological polar surface area (TPSA) is 32.7 Å². The van der Waals surface area contributed by atoms with E-state index in [4.69, 9.17) is 4.74 Å². The van der Waals surface area contributed by atoms with Crippen LogP contribution in [0.4, 0.5) is 0 Å². The summed E-state index contributed by atoms with van der Waals surface area (Å²) >= 11 is 0. The third-order valence-corrected chi connectivity index (χ3v) is 4.42. The van der Waals surface area contributed by atoms with Crippen molar-refractivity contribution in [3.05, 3.63) is 0 Å². The standard InChI is InChI=1S/C14H27NO2/c1-12(2)17-13-6-9-15(11-16)14(10-13)7-4-3-5-8-14/h12-13,16H,3-11H2,1-2H3. The van der Waals surface area contributed by atoms with Crippen molar-refractivity contribution in [1.29, 1.82) is 0 Å². The summed E-state index contributed by atoms with van der Waals surface area (Å²) in [6.45, 7) is 5.44. The van der Waals surface area contributed by atoms with Gasteiger partial charge in [0, 0.05) is 12.1 Å². The first-order valence-corrected chi connectivity index (χ1v) is 7.18. The molecule has 2 rings (SSSR count). The van der Waals surface area contributed by atoms with Gasteiger partial charge in [0.05, 0.1) is 18.9 Å². The van der Waals surface area contributed by atoms with Gasteiger partial charge in [-0.3, -0.25) is 4.90 Å². The van der Waals surface area contributed by atoms with Gasteiger partial charge >= 0.3 is 0 Å². The summed E-state index contributed by atoms with van der Waals surface area (Å²) in [6.07, 6.45) is 9.37. The van der Waals surface area contributed by atoms with Gasteiger partial charge < -0.3 is 9.84 Å². The molecule has 3 heteroatoms. The van der Waals surface area contributed by atoms with Gasteiger partial charge in [0.1, 0.15) is 0 Å². The molecule has 0 aromatic carbocycles. The van der Waals surface area contributed by atoms with Crippen molar-refractivity contribution in [3.8, 4) is 0 Å². The van der Waals surface area contributed by atoms with Crippen LogP contribution in [0.25, 0.3) is 0 Å². The molecule has 1 saturated carbocycles. The van der Waals surface area contributed by atoms with Gasteiger partial charge in [-0.1, -0.05) is 19.3 Å². The van der Waals surface area contributed by atoms with Gasteiger partial charge in [0.2, 0.25) is 0 Å². The smallest absolute Gasteiger partial charge is 0.0961 e. The fourth-order valence-corrected chi connectivity index (χ4v) is 3.64. The molecular weight excluding hydrogens is 214 g/mol. The maximum atomic E-state index is 9.56. The summed E-state index contributed by atoms with van der Waals surface area (Å²) in [5.41, 5.74) is 0.241. The van der Waals surface area contributed by atoms with Gasteiger partial charge in [-0.05, 0) is 39.5 Å². The van der Waals surface area contributed by atoms with E-state index in [1.54, 1.807) is 0 Å². The first-order chi connectivity index (χ1) is 8.16. The second kappa shape index (κ2) is 5.68. The molecule has 0 bridgehead atoms. The van der Waals surface area contributed by atoms with Gasteiger partial charge in [0.25, 0.3) is 0 Å². The molecule has 1 unspecified atom stereocenters. The SMILES string of the molecule is CC(C)OC1CCN(CO)C2(CCCCC2)C1. The Bertz CT molecular complexity index is 236. The van der Waals surface area contributed by atoms with Crippen LogP contribution in [0.3, 0.4) is 0 Å². The molecule has 17 heavy (non-hydrogen) atoms. The monoisotopic (exact) mass is 241 g/mol. The number of aliphatic hydroxyl groups excluding tert-OH is 1. The van der Waals surface area contributed by atoms with Crippen LogP contribution in [0.1, 0.15) is 58.8 Å². The molecule has 1 N–H and O–H groups in total. The molecule has 3 nitrogen and oxygen atoms in total. The van der Waals surface area contributed by atoms with E-state index >= 15 is 0 Å². The minimum absolute atomic E-state index is 0.217. The quantitative estimate of drug-likeness (QED) is 0.824. The summed E-state index contributed by atoms with van der Waals surface area (Å²) in [6, 6.07) is 0. The van der Waals surface area contributed by atoms with Crippen LogP contribution < -0.4 is 0 Å². The minimum Gasteiger partial charge on any atom is -0.381 e. The molecule has 0 aromatic heterocycles. The van der Waals surface area contributed by atoms with Crippen LogP contribution in [0.5, 0.6) is 0 Å². The van der Waals surface area contributed by atoms with Crippen molar-refractivity contribution < 1.29 is 9.84 Å². The third-order valence-electron chi connectivity index (χ3n) is 4.42. The lowest BCUT2D eigenvalue weighted by molar-refractivity contribution is -0.110. The maximum absolute atomic E-state index is 9.56. The van der Waals surface area contributed by atoms with Crippen molar-refractivity contribution in [1.82, 2.24) is 4.90 Å². The van der Waals surface area contributed by atoms with Crippen LogP contribution in [-0.4, -0.2) is 41.0 Å². The van der Waals surface area contributed by atoms with E-state index in [0.29, 0.717) is 12.2 Å². The van der Waals surface area contributed by atoms with Crippen molar-refractivity contribution >= 4 is 0 Å². The summed E-state index contributed by atoms with van der Waals surface area (Å²) in [4.78, 5) is 2.30. The molecule has 0 amide bonds.